The summed E-state index contributed by atoms with van der Waals surface area (Å²) in [5.74, 6) is -0.935. The zero-order valence-electron chi connectivity index (χ0n) is 15.9. The van der Waals surface area contributed by atoms with Crippen molar-refractivity contribution < 1.29 is 14.6 Å². The number of rotatable bonds is 8. The highest BCUT2D eigenvalue weighted by molar-refractivity contribution is 5.84. The predicted molar refractivity (Wildman–Crippen MR) is 108 cm³/mol. The number of ether oxygens (including phenoxy) is 1. The summed E-state index contributed by atoms with van der Waals surface area (Å²) < 4.78 is 5.71. The Morgan fingerprint density at radius 2 is 1.65 bits per heavy atom. The van der Waals surface area contributed by atoms with E-state index in [0.717, 1.165) is 30.8 Å². The summed E-state index contributed by atoms with van der Waals surface area (Å²) in [6.45, 7) is 9.71. The first-order chi connectivity index (χ1) is 12.4. The van der Waals surface area contributed by atoms with Gasteiger partial charge in [-0.2, -0.15) is 0 Å². The number of carboxylic acid groups (broad SMARTS) is 1. The molecule has 2 N–H and O–H groups in total. The molecule has 0 aromatic heterocycles. The van der Waals surface area contributed by atoms with Gasteiger partial charge in [0.1, 0.15) is 0 Å². The van der Waals surface area contributed by atoms with Crippen molar-refractivity contribution in [1.82, 2.24) is 0 Å². The first-order valence-electron chi connectivity index (χ1n) is 8.83. The maximum Gasteiger partial charge on any atom is 0.330 e. The highest BCUT2D eigenvalue weighted by Gasteiger charge is 2.03. The van der Waals surface area contributed by atoms with Gasteiger partial charge >= 0.3 is 5.97 Å². The lowest BCUT2D eigenvalue weighted by Gasteiger charge is -2.13. The van der Waals surface area contributed by atoms with Crippen molar-refractivity contribution in [2.24, 2.45) is 0 Å². The molecule has 0 aliphatic rings. The second-order valence-electron chi connectivity index (χ2n) is 6.16. The lowest BCUT2D eigenvalue weighted by molar-refractivity contribution is -0.132. The minimum Gasteiger partial charge on any atom is -0.478 e. The summed E-state index contributed by atoms with van der Waals surface area (Å²) >= 11 is 0. The van der Waals surface area contributed by atoms with Crippen LogP contribution in [0.3, 0.4) is 0 Å². The second-order valence-corrected chi connectivity index (χ2v) is 6.16. The molecule has 0 aliphatic carbocycles. The van der Waals surface area contributed by atoms with E-state index in [-0.39, 0.29) is 11.7 Å². The number of para-hydroxylation sites is 1. The smallest absolute Gasteiger partial charge is 0.330 e. The van der Waals surface area contributed by atoms with E-state index in [4.69, 9.17) is 9.84 Å². The Balaban J connectivity index is 0.000000487. The predicted octanol–water partition coefficient (Wildman–Crippen LogP) is 5.43. The highest BCUT2D eigenvalue weighted by Crippen LogP contribution is 2.17. The quantitative estimate of drug-likeness (QED) is 0.620. The van der Waals surface area contributed by atoms with Crippen LogP contribution in [0.2, 0.25) is 0 Å². The maximum atomic E-state index is 9.60. The molecule has 0 amide bonds. The summed E-state index contributed by atoms with van der Waals surface area (Å²) in [5, 5.41) is 11.3. The van der Waals surface area contributed by atoms with Crippen LogP contribution in [0.4, 0.5) is 11.4 Å². The van der Waals surface area contributed by atoms with Gasteiger partial charge in [-0.3, -0.25) is 0 Å². The summed E-state index contributed by atoms with van der Waals surface area (Å²) in [6.07, 6.45) is 2.32. The van der Waals surface area contributed by atoms with Gasteiger partial charge in [-0.1, -0.05) is 43.8 Å². The third kappa shape index (κ3) is 9.04. The molecule has 4 heteroatoms. The first kappa shape index (κ1) is 21.5. The van der Waals surface area contributed by atoms with Crippen LogP contribution in [-0.2, 0) is 16.0 Å². The fraction of sp³-hybridized carbons (Fsp3) is 0.318. The van der Waals surface area contributed by atoms with Gasteiger partial charge in [0.05, 0.1) is 6.10 Å². The van der Waals surface area contributed by atoms with Gasteiger partial charge in [0, 0.05) is 23.6 Å². The van der Waals surface area contributed by atoms with Crippen molar-refractivity contribution in [2.75, 3.05) is 11.9 Å². The first-order valence-corrected chi connectivity index (χ1v) is 8.83. The summed E-state index contributed by atoms with van der Waals surface area (Å²) in [6, 6.07) is 18.8. The van der Waals surface area contributed by atoms with E-state index in [2.05, 4.69) is 62.1 Å². The SMILES string of the molecule is C=C(C)C(=O)O.CCCOC(C)Cc1ccc(Nc2ccccc2)cc1. The van der Waals surface area contributed by atoms with Gasteiger partial charge in [0.2, 0.25) is 0 Å². The Hall–Kier alpha value is -2.59. The number of carboxylic acids is 1. The van der Waals surface area contributed by atoms with E-state index >= 15 is 0 Å². The molecule has 4 nitrogen and oxygen atoms in total. The van der Waals surface area contributed by atoms with Crippen LogP contribution in [-0.4, -0.2) is 23.8 Å². The summed E-state index contributed by atoms with van der Waals surface area (Å²) in [5.41, 5.74) is 3.71. The maximum absolute atomic E-state index is 9.60. The molecule has 2 aromatic rings. The molecule has 2 rings (SSSR count). The van der Waals surface area contributed by atoms with Crippen LogP contribution >= 0.6 is 0 Å². The van der Waals surface area contributed by atoms with E-state index in [1.807, 2.05) is 18.2 Å². The number of aliphatic carboxylic acids is 1. The summed E-state index contributed by atoms with van der Waals surface area (Å²) in [7, 11) is 0. The molecule has 0 bridgehead atoms. The lowest BCUT2D eigenvalue weighted by Crippen LogP contribution is -2.12. The largest absolute Gasteiger partial charge is 0.478 e. The van der Waals surface area contributed by atoms with E-state index in [0.29, 0.717) is 0 Å². The topological polar surface area (TPSA) is 58.6 Å². The molecule has 140 valence electrons. The van der Waals surface area contributed by atoms with Gasteiger partial charge < -0.3 is 15.2 Å². The molecule has 2 aromatic carbocycles. The normalized spacial score (nSPS) is 11.0. The molecule has 1 unspecified atom stereocenters. The fourth-order valence-corrected chi connectivity index (χ4v) is 2.12. The van der Waals surface area contributed by atoms with Crippen molar-refractivity contribution in [3.63, 3.8) is 0 Å². The standard InChI is InChI=1S/C18H23NO.C4H6O2/c1-3-13-20-15(2)14-16-9-11-18(12-10-16)19-17-7-5-4-6-8-17;1-3(2)4(5)6/h4-12,15,19H,3,13-14H2,1-2H3;1H2,2H3,(H,5,6). The van der Waals surface area contributed by atoms with Crippen molar-refractivity contribution in [1.29, 1.82) is 0 Å². The Morgan fingerprint density at radius 1 is 1.12 bits per heavy atom. The third-order valence-corrected chi connectivity index (χ3v) is 3.51. The van der Waals surface area contributed by atoms with Crippen LogP contribution < -0.4 is 5.32 Å². The monoisotopic (exact) mass is 355 g/mol. The number of benzene rings is 2. The number of nitrogens with one attached hydrogen (secondary N) is 1. The Labute approximate surface area is 156 Å². The molecule has 1 atom stereocenters. The van der Waals surface area contributed by atoms with Gasteiger partial charge in [-0.15, -0.1) is 0 Å². The molecule has 0 saturated carbocycles. The van der Waals surface area contributed by atoms with Crippen LogP contribution in [0, 0.1) is 0 Å². The summed E-state index contributed by atoms with van der Waals surface area (Å²) in [4.78, 5) is 9.60. The van der Waals surface area contributed by atoms with E-state index in [1.165, 1.54) is 12.5 Å². The zero-order chi connectivity index (χ0) is 19.4. The number of hydrogen-bond donors (Lipinski definition) is 2. The molecule has 0 aliphatic heterocycles. The van der Waals surface area contributed by atoms with Crippen molar-refractivity contribution >= 4 is 17.3 Å². The molecular formula is C22H29NO3. The van der Waals surface area contributed by atoms with Crippen molar-refractivity contribution in [2.45, 2.75) is 39.7 Å². The van der Waals surface area contributed by atoms with Crippen molar-refractivity contribution in [3.8, 4) is 0 Å². The van der Waals surface area contributed by atoms with Gasteiger partial charge in [-0.25, -0.2) is 4.79 Å². The lowest BCUT2D eigenvalue weighted by atomic mass is 10.1. The van der Waals surface area contributed by atoms with Gasteiger partial charge in [-0.05, 0) is 56.5 Å². The number of hydrogen-bond acceptors (Lipinski definition) is 3. The Bertz CT molecular complexity index is 654. The minimum absolute atomic E-state index is 0.176. The molecule has 0 fully saturated rings. The molecule has 0 spiro atoms. The number of carbonyl (C=O) groups is 1. The molecule has 0 radical (unpaired) electrons. The molecule has 26 heavy (non-hydrogen) atoms. The molecular weight excluding hydrogens is 326 g/mol. The second kappa shape index (κ2) is 11.9. The van der Waals surface area contributed by atoms with Gasteiger partial charge in [0.25, 0.3) is 0 Å². The molecule has 0 heterocycles. The van der Waals surface area contributed by atoms with Crippen LogP contribution in [0.15, 0.2) is 66.7 Å². The van der Waals surface area contributed by atoms with Crippen molar-refractivity contribution in [3.05, 3.63) is 72.3 Å². The van der Waals surface area contributed by atoms with E-state index < -0.39 is 5.97 Å². The third-order valence-electron chi connectivity index (χ3n) is 3.51. The number of anilines is 2. The van der Waals surface area contributed by atoms with E-state index in [9.17, 15) is 4.79 Å². The van der Waals surface area contributed by atoms with E-state index in [1.54, 1.807) is 0 Å². The zero-order valence-corrected chi connectivity index (χ0v) is 15.9. The van der Waals surface area contributed by atoms with Crippen LogP contribution in [0.1, 0.15) is 32.8 Å². The van der Waals surface area contributed by atoms with Crippen LogP contribution in [0.25, 0.3) is 0 Å². The minimum atomic E-state index is -0.935. The average Bonchev–Trinajstić information content (AvgIpc) is 2.63. The average molecular weight is 355 g/mol. The molecule has 0 saturated heterocycles. The van der Waals surface area contributed by atoms with Gasteiger partial charge in [0.15, 0.2) is 0 Å². The highest BCUT2D eigenvalue weighted by atomic mass is 16.5. The Kier molecular flexibility index (Phi) is 9.80. The Morgan fingerprint density at radius 3 is 2.15 bits per heavy atom. The van der Waals surface area contributed by atoms with Crippen LogP contribution in [0.5, 0.6) is 0 Å². The fourth-order valence-electron chi connectivity index (χ4n) is 2.12.